The van der Waals surface area contributed by atoms with Crippen molar-refractivity contribution in [3.8, 4) is 0 Å². The van der Waals surface area contributed by atoms with E-state index in [0.717, 1.165) is 22.3 Å². The molecule has 160 valence electrons. The Morgan fingerprint density at radius 3 is 2.58 bits per heavy atom. The molecule has 0 bridgehead atoms. The average Bonchev–Trinajstić information content (AvgIpc) is 3.05. The van der Waals surface area contributed by atoms with Crippen molar-refractivity contribution < 1.29 is 14.3 Å². The quantitative estimate of drug-likeness (QED) is 0.448. The van der Waals surface area contributed by atoms with Gasteiger partial charge in [0.1, 0.15) is 0 Å². The van der Waals surface area contributed by atoms with Gasteiger partial charge in [0.25, 0.3) is 0 Å². The van der Waals surface area contributed by atoms with Crippen molar-refractivity contribution in [3.05, 3.63) is 82.9 Å². The zero-order valence-electron chi connectivity index (χ0n) is 18.0. The fourth-order valence-electron chi connectivity index (χ4n) is 4.56. The number of nitrogen functional groups attached to an aromatic ring is 1. The molecular weight excluding hydrogens is 388 g/mol. The van der Waals surface area contributed by atoms with Crippen LogP contribution in [0.25, 0.3) is 6.08 Å². The number of nitrogens with two attached hydrogens (primary N) is 1. The molecule has 2 aromatic carbocycles. The molecule has 1 unspecified atom stereocenters. The molecule has 0 radical (unpaired) electrons. The second kappa shape index (κ2) is 8.42. The van der Waals surface area contributed by atoms with Crippen LogP contribution in [0.15, 0.2) is 71.8 Å². The lowest BCUT2D eigenvalue weighted by Gasteiger charge is -2.36. The van der Waals surface area contributed by atoms with Crippen LogP contribution in [0.2, 0.25) is 0 Å². The number of carbonyl (C=O) groups excluding carboxylic acids is 2. The van der Waals surface area contributed by atoms with E-state index >= 15 is 0 Å². The van der Waals surface area contributed by atoms with Crippen LogP contribution in [-0.2, 0) is 19.9 Å². The van der Waals surface area contributed by atoms with Crippen LogP contribution in [0, 0.1) is 5.92 Å². The lowest BCUT2D eigenvalue weighted by Crippen LogP contribution is -2.41. The van der Waals surface area contributed by atoms with Gasteiger partial charge in [-0.05, 0) is 42.0 Å². The van der Waals surface area contributed by atoms with Gasteiger partial charge in [-0.15, -0.1) is 0 Å². The second-order valence-corrected chi connectivity index (χ2v) is 8.61. The molecule has 5 nitrogen and oxygen atoms in total. The first-order valence-corrected chi connectivity index (χ1v) is 10.7. The Morgan fingerprint density at radius 2 is 1.87 bits per heavy atom. The lowest BCUT2D eigenvalue weighted by molar-refractivity contribution is -0.149. The average molecular weight is 417 g/mol. The standard InChI is InChI=1S/C26H28N2O3/c1-18(2)16-26(20-9-4-3-5-10-20)22-17-28(15-14-21(22)25(30)31-26)24(29)13-12-19-8-6-7-11-23(19)27/h3-13,18H,14-17,27H2,1-2H3. The highest BCUT2D eigenvalue weighted by atomic mass is 16.6. The van der Waals surface area contributed by atoms with E-state index < -0.39 is 5.60 Å². The normalized spacial score (nSPS) is 21.0. The summed E-state index contributed by atoms with van der Waals surface area (Å²) in [5.41, 5.74) is 9.22. The summed E-state index contributed by atoms with van der Waals surface area (Å²) in [4.78, 5) is 27.6. The largest absolute Gasteiger partial charge is 0.446 e. The molecule has 2 aliphatic heterocycles. The molecule has 31 heavy (non-hydrogen) atoms. The SMILES string of the molecule is CC(C)CC1(c2ccccc2)OC(=O)C2=C1CN(C(=O)C=Cc1ccccc1N)CC2. The third-order valence-electron chi connectivity index (χ3n) is 5.99. The number of cyclic esters (lactones) is 1. The molecule has 0 aliphatic carbocycles. The first kappa shape index (κ1) is 20.9. The maximum Gasteiger partial charge on any atom is 0.335 e. The maximum absolute atomic E-state index is 13.0. The minimum atomic E-state index is -0.811. The Bertz CT molecular complexity index is 1060. The van der Waals surface area contributed by atoms with Crippen molar-refractivity contribution in [2.45, 2.75) is 32.3 Å². The van der Waals surface area contributed by atoms with Gasteiger partial charge in [-0.1, -0.05) is 62.4 Å². The number of benzene rings is 2. The fraction of sp³-hybridized carbons (Fsp3) is 0.308. The highest BCUT2D eigenvalue weighted by Gasteiger charge is 2.50. The number of hydrogen-bond donors (Lipinski definition) is 1. The summed E-state index contributed by atoms with van der Waals surface area (Å²) >= 11 is 0. The number of hydrogen-bond acceptors (Lipinski definition) is 4. The number of rotatable bonds is 5. The van der Waals surface area contributed by atoms with E-state index in [0.29, 0.717) is 37.5 Å². The van der Waals surface area contributed by atoms with Gasteiger partial charge in [0.15, 0.2) is 5.60 Å². The molecule has 4 rings (SSSR count). The summed E-state index contributed by atoms with van der Waals surface area (Å²) in [6.45, 7) is 5.12. The van der Waals surface area contributed by atoms with Crippen LogP contribution in [0.5, 0.6) is 0 Å². The Morgan fingerprint density at radius 1 is 1.16 bits per heavy atom. The molecule has 2 N–H and O–H groups in total. The molecule has 0 saturated carbocycles. The van der Waals surface area contributed by atoms with Crippen molar-refractivity contribution in [1.82, 2.24) is 4.90 Å². The van der Waals surface area contributed by atoms with E-state index in [9.17, 15) is 9.59 Å². The Kier molecular flexibility index (Phi) is 5.68. The molecule has 5 heteroatoms. The number of carbonyl (C=O) groups is 2. The minimum Gasteiger partial charge on any atom is -0.446 e. The van der Waals surface area contributed by atoms with E-state index in [2.05, 4.69) is 13.8 Å². The monoisotopic (exact) mass is 416 g/mol. The topological polar surface area (TPSA) is 72.6 Å². The van der Waals surface area contributed by atoms with Crippen molar-refractivity contribution in [2.24, 2.45) is 5.92 Å². The van der Waals surface area contributed by atoms with Gasteiger partial charge < -0.3 is 15.4 Å². The van der Waals surface area contributed by atoms with Crippen molar-refractivity contribution in [2.75, 3.05) is 18.8 Å². The number of amides is 1. The third-order valence-corrected chi connectivity index (χ3v) is 5.99. The van der Waals surface area contributed by atoms with Crippen LogP contribution in [0.1, 0.15) is 37.8 Å². The molecule has 2 aliphatic rings. The van der Waals surface area contributed by atoms with Gasteiger partial charge >= 0.3 is 5.97 Å². The third kappa shape index (κ3) is 4.00. The van der Waals surface area contributed by atoms with E-state index in [4.69, 9.17) is 10.5 Å². The van der Waals surface area contributed by atoms with Crippen LogP contribution in [0.3, 0.4) is 0 Å². The van der Waals surface area contributed by atoms with E-state index in [-0.39, 0.29) is 11.9 Å². The summed E-state index contributed by atoms with van der Waals surface area (Å²) in [5.74, 6) is -0.0354. The molecule has 1 atom stereocenters. The number of anilines is 1. The molecule has 0 spiro atoms. The molecule has 1 amide bonds. The molecular formula is C26H28N2O3. The van der Waals surface area contributed by atoms with Crippen molar-refractivity contribution in [1.29, 1.82) is 0 Å². The first-order valence-electron chi connectivity index (χ1n) is 10.7. The summed E-state index contributed by atoms with van der Waals surface area (Å²) in [6, 6.07) is 17.3. The maximum atomic E-state index is 13.0. The summed E-state index contributed by atoms with van der Waals surface area (Å²) in [6.07, 6.45) is 4.49. The van der Waals surface area contributed by atoms with Gasteiger partial charge in [0.2, 0.25) is 5.91 Å². The van der Waals surface area contributed by atoms with E-state index in [1.54, 1.807) is 17.1 Å². The van der Waals surface area contributed by atoms with Crippen molar-refractivity contribution >= 4 is 23.6 Å². The van der Waals surface area contributed by atoms with Gasteiger partial charge in [-0.25, -0.2) is 4.79 Å². The highest BCUT2D eigenvalue weighted by molar-refractivity contribution is 5.96. The van der Waals surface area contributed by atoms with Crippen LogP contribution < -0.4 is 5.73 Å². The Labute approximate surface area is 183 Å². The lowest BCUT2D eigenvalue weighted by atomic mass is 9.77. The smallest absolute Gasteiger partial charge is 0.335 e. The second-order valence-electron chi connectivity index (χ2n) is 8.61. The summed E-state index contributed by atoms with van der Waals surface area (Å²) < 4.78 is 6.08. The van der Waals surface area contributed by atoms with E-state index in [1.807, 2.05) is 54.6 Å². The summed E-state index contributed by atoms with van der Waals surface area (Å²) in [5, 5.41) is 0. The predicted molar refractivity (Wildman–Crippen MR) is 122 cm³/mol. The zero-order chi connectivity index (χ0) is 22.0. The molecule has 2 aromatic rings. The summed E-state index contributed by atoms with van der Waals surface area (Å²) in [7, 11) is 0. The van der Waals surface area contributed by atoms with Gasteiger partial charge in [0.05, 0.1) is 0 Å². The van der Waals surface area contributed by atoms with Crippen LogP contribution in [0.4, 0.5) is 5.69 Å². The first-order chi connectivity index (χ1) is 14.9. The number of ether oxygens (including phenoxy) is 1. The van der Waals surface area contributed by atoms with Gasteiger partial charge in [-0.3, -0.25) is 4.79 Å². The van der Waals surface area contributed by atoms with Gasteiger partial charge in [-0.2, -0.15) is 0 Å². The molecule has 0 fully saturated rings. The minimum absolute atomic E-state index is 0.0966. The Hall–Kier alpha value is -3.34. The number of esters is 1. The van der Waals surface area contributed by atoms with Crippen LogP contribution >= 0.6 is 0 Å². The molecule has 0 saturated heterocycles. The predicted octanol–water partition coefficient (Wildman–Crippen LogP) is 4.31. The molecule has 0 aromatic heterocycles. The fourth-order valence-corrected chi connectivity index (χ4v) is 4.56. The number of para-hydroxylation sites is 1. The van der Waals surface area contributed by atoms with Crippen molar-refractivity contribution in [3.63, 3.8) is 0 Å². The molecule has 2 heterocycles. The van der Waals surface area contributed by atoms with E-state index in [1.165, 1.54) is 0 Å². The van der Waals surface area contributed by atoms with Gasteiger partial charge in [0, 0.05) is 36.0 Å². The Balaban J connectivity index is 1.64. The number of nitrogens with zero attached hydrogens (tertiary/aromatic N) is 1. The van der Waals surface area contributed by atoms with Crippen LogP contribution in [-0.4, -0.2) is 29.9 Å². The highest BCUT2D eigenvalue weighted by Crippen LogP contribution is 2.48. The zero-order valence-corrected chi connectivity index (χ0v) is 18.0.